The fraction of sp³-hybridized carbons (Fsp3) is 0.923. The molecular formula is C13H24N2O2. The minimum atomic E-state index is -0.177. The van der Waals surface area contributed by atoms with Crippen molar-refractivity contribution in [2.45, 2.75) is 44.6 Å². The molecule has 0 bridgehead atoms. The molecule has 3 N–H and O–H groups in total. The van der Waals surface area contributed by atoms with Gasteiger partial charge in [0.15, 0.2) is 0 Å². The van der Waals surface area contributed by atoms with Crippen molar-refractivity contribution in [3.8, 4) is 0 Å². The quantitative estimate of drug-likeness (QED) is 0.729. The minimum Gasteiger partial charge on any atom is -0.381 e. The number of hydrogen-bond acceptors (Lipinski definition) is 3. The van der Waals surface area contributed by atoms with Crippen LogP contribution in [0.15, 0.2) is 0 Å². The highest BCUT2D eigenvalue weighted by Crippen LogP contribution is 2.39. The van der Waals surface area contributed by atoms with E-state index in [9.17, 15) is 4.79 Å². The second kappa shape index (κ2) is 5.36. The van der Waals surface area contributed by atoms with E-state index in [0.29, 0.717) is 24.8 Å². The summed E-state index contributed by atoms with van der Waals surface area (Å²) in [6.07, 6.45) is 5.05. The topological polar surface area (TPSA) is 64.3 Å². The van der Waals surface area contributed by atoms with Gasteiger partial charge in [-0.1, -0.05) is 0 Å². The number of ether oxygens (including phenoxy) is 1. The largest absolute Gasteiger partial charge is 0.381 e. The highest BCUT2D eigenvalue weighted by Gasteiger charge is 2.41. The molecule has 1 aliphatic heterocycles. The van der Waals surface area contributed by atoms with Crippen molar-refractivity contribution in [2.75, 3.05) is 19.8 Å². The van der Waals surface area contributed by atoms with Crippen molar-refractivity contribution in [1.82, 2.24) is 5.32 Å². The van der Waals surface area contributed by atoms with Crippen molar-refractivity contribution in [2.24, 2.45) is 17.6 Å². The first-order valence-electron chi connectivity index (χ1n) is 6.73. The Hall–Kier alpha value is -0.610. The SMILES string of the molecule is CC(CN)(NC(=O)CCC1CCOC1)C1CC1. The molecule has 0 aromatic heterocycles. The summed E-state index contributed by atoms with van der Waals surface area (Å²) in [7, 11) is 0. The monoisotopic (exact) mass is 240 g/mol. The lowest BCUT2D eigenvalue weighted by Gasteiger charge is -2.29. The highest BCUT2D eigenvalue weighted by atomic mass is 16.5. The third-order valence-corrected chi connectivity index (χ3v) is 4.13. The average Bonchev–Trinajstić information content (AvgIpc) is 3.05. The van der Waals surface area contributed by atoms with E-state index in [1.807, 2.05) is 0 Å². The van der Waals surface area contributed by atoms with E-state index in [1.54, 1.807) is 0 Å². The standard InChI is InChI=1S/C13H24N2O2/c1-13(9-14,11-3-4-11)15-12(16)5-2-10-6-7-17-8-10/h10-11H,2-9,14H2,1H3,(H,15,16). The van der Waals surface area contributed by atoms with E-state index in [0.717, 1.165) is 26.1 Å². The van der Waals surface area contributed by atoms with Crippen molar-refractivity contribution < 1.29 is 9.53 Å². The molecule has 98 valence electrons. The zero-order chi connectivity index (χ0) is 12.3. The van der Waals surface area contributed by atoms with Crippen LogP contribution in [0.25, 0.3) is 0 Å². The first kappa shape index (κ1) is 12.8. The third-order valence-electron chi connectivity index (χ3n) is 4.13. The van der Waals surface area contributed by atoms with Crippen LogP contribution >= 0.6 is 0 Å². The number of carbonyl (C=O) groups is 1. The number of nitrogens with two attached hydrogens (primary N) is 1. The van der Waals surface area contributed by atoms with Gasteiger partial charge in [0.25, 0.3) is 0 Å². The van der Waals surface area contributed by atoms with E-state index in [4.69, 9.17) is 10.5 Å². The maximum atomic E-state index is 11.9. The molecule has 2 aliphatic rings. The molecule has 0 aromatic rings. The van der Waals surface area contributed by atoms with Gasteiger partial charge in [-0.3, -0.25) is 4.79 Å². The summed E-state index contributed by atoms with van der Waals surface area (Å²) in [6, 6.07) is 0. The number of rotatable bonds is 6. The molecule has 4 nitrogen and oxygen atoms in total. The Kier molecular flexibility index (Phi) is 4.05. The summed E-state index contributed by atoms with van der Waals surface area (Å²) in [5.74, 6) is 1.31. The number of hydrogen-bond donors (Lipinski definition) is 2. The van der Waals surface area contributed by atoms with Crippen LogP contribution in [-0.2, 0) is 9.53 Å². The Bertz CT molecular complexity index is 273. The maximum Gasteiger partial charge on any atom is 0.220 e. The molecule has 4 heteroatoms. The van der Waals surface area contributed by atoms with Crippen LogP contribution in [0.5, 0.6) is 0 Å². The lowest BCUT2D eigenvalue weighted by molar-refractivity contribution is -0.123. The van der Waals surface area contributed by atoms with E-state index in [2.05, 4.69) is 12.2 Å². The summed E-state index contributed by atoms with van der Waals surface area (Å²) in [5, 5.41) is 3.12. The van der Waals surface area contributed by atoms with Gasteiger partial charge in [0.05, 0.1) is 5.54 Å². The normalized spacial score (nSPS) is 27.8. The fourth-order valence-electron chi connectivity index (χ4n) is 2.57. The van der Waals surface area contributed by atoms with Gasteiger partial charge in [0.1, 0.15) is 0 Å². The van der Waals surface area contributed by atoms with Crippen molar-refractivity contribution in [3.05, 3.63) is 0 Å². The van der Waals surface area contributed by atoms with E-state index >= 15 is 0 Å². The van der Waals surface area contributed by atoms with E-state index in [-0.39, 0.29) is 11.4 Å². The first-order valence-corrected chi connectivity index (χ1v) is 6.73. The van der Waals surface area contributed by atoms with Crippen LogP contribution in [0, 0.1) is 11.8 Å². The molecule has 1 saturated carbocycles. The molecule has 2 rings (SSSR count). The summed E-state index contributed by atoms with van der Waals surface area (Å²) in [5.41, 5.74) is 5.60. The van der Waals surface area contributed by atoms with Gasteiger partial charge in [-0.25, -0.2) is 0 Å². The van der Waals surface area contributed by atoms with Gasteiger partial charge >= 0.3 is 0 Å². The molecule has 2 atom stereocenters. The Morgan fingerprint density at radius 1 is 1.47 bits per heavy atom. The Labute approximate surface area is 103 Å². The molecule has 1 saturated heterocycles. The van der Waals surface area contributed by atoms with Crippen LogP contribution < -0.4 is 11.1 Å². The Morgan fingerprint density at radius 2 is 2.24 bits per heavy atom. The predicted octanol–water partition coefficient (Wildman–Crippen LogP) is 1.05. The smallest absolute Gasteiger partial charge is 0.220 e. The first-order chi connectivity index (χ1) is 8.14. The van der Waals surface area contributed by atoms with Gasteiger partial charge < -0.3 is 15.8 Å². The van der Waals surface area contributed by atoms with Crippen molar-refractivity contribution in [3.63, 3.8) is 0 Å². The van der Waals surface area contributed by atoms with E-state index < -0.39 is 0 Å². The van der Waals surface area contributed by atoms with Gasteiger partial charge in [-0.05, 0) is 44.4 Å². The zero-order valence-corrected chi connectivity index (χ0v) is 10.7. The highest BCUT2D eigenvalue weighted by molar-refractivity contribution is 5.76. The van der Waals surface area contributed by atoms with Crippen LogP contribution in [0.2, 0.25) is 0 Å². The van der Waals surface area contributed by atoms with Crippen LogP contribution in [0.4, 0.5) is 0 Å². The second-order valence-corrected chi connectivity index (χ2v) is 5.71. The Balaban J connectivity index is 1.71. The third kappa shape index (κ3) is 3.42. The Morgan fingerprint density at radius 3 is 2.76 bits per heavy atom. The van der Waals surface area contributed by atoms with Gasteiger partial charge in [-0.2, -0.15) is 0 Å². The molecule has 2 unspecified atom stereocenters. The van der Waals surface area contributed by atoms with Gasteiger partial charge in [0.2, 0.25) is 5.91 Å². The molecule has 1 heterocycles. The molecular weight excluding hydrogens is 216 g/mol. The minimum absolute atomic E-state index is 0.150. The maximum absolute atomic E-state index is 11.9. The molecule has 17 heavy (non-hydrogen) atoms. The van der Waals surface area contributed by atoms with Gasteiger partial charge in [0, 0.05) is 26.2 Å². The lowest BCUT2D eigenvalue weighted by Crippen LogP contribution is -2.53. The summed E-state index contributed by atoms with van der Waals surface area (Å²) < 4.78 is 5.31. The van der Waals surface area contributed by atoms with Crippen LogP contribution in [-0.4, -0.2) is 31.2 Å². The molecule has 0 spiro atoms. The molecule has 0 radical (unpaired) electrons. The lowest BCUT2D eigenvalue weighted by atomic mass is 9.95. The summed E-state index contributed by atoms with van der Waals surface area (Å²) >= 11 is 0. The molecule has 2 fully saturated rings. The summed E-state index contributed by atoms with van der Waals surface area (Å²) in [4.78, 5) is 11.9. The van der Waals surface area contributed by atoms with Crippen LogP contribution in [0.3, 0.4) is 0 Å². The molecule has 1 aliphatic carbocycles. The van der Waals surface area contributed by atoms with Crippen LogP contribution in [0.1, 0.15) is 39.0 Å². The van der Waals surface area contributed by atoms with Gasteiger partial charge in [-0.15, -0.1) is 0 Å². The zero-order valence-electron chi connectivity index (χ0n) is 10.7. The number of carbonyl (C=O) groups excluding carboxylic acids is 1. The fourth-order valence-corrected chi connectivity index (χ4v) is 2.57. The second-order valence-electron chi connectivity index (χ2n) is 5.71. The predicted molar refractivity (Wildman–Crippen MR) is 66.5 cm³/mol. The van der Waals surface area contributed by atoms with E-state index in [1.165, 1.54) is 12.8 Å². The van der Waals surface area contributed by atoms with Crippen molar-refractivity contribution >= 4 is 5.91 Å². The average molecular weight is 240 g/mol. The molecule has 0 aromatic carbocycles. The number of amides is 1. The summed E-state index contributed by atoms with van der Waals surface area (Å²) in [6.45, 7) is 4.29. The number of nitrogens with one attached hydrogen (secondary N) is 1. The van der Waals surface area contributed by atoms with Crippen molar-refractivity contribution in [1.29, 1.82) is 0 Å². The molecule has 1 amide bonds.